The number of aryl methyl sites for hydroxylation is 1. The minimum Gasteiger partial charge on any atom is -0.508 e. The number of unbranched alkanes of at least 4 members (excludes halogenated alkanes) is 2. The van der Waals surface area contributed by atoms with Gasteiger partial charge in [0, 0.05) is 6.92 Å². The minimum absolute atomic E-state index is 0.315. The van der Waals surface area contributed by atoms with Crippen molar-refractivity contribution < 1.29 is 15.0 Å². The number of phenolic OH excluding ortho intramolecular Hbond substituents is 1. The van der Waals surface area contributed by atoms with E-state index in [0.717, 1.165) is 12.5 Å². The highest BCUT2D eigenvalue weighted by Gasteiger charge is 1.98. The van der Waals surface area contributed by atoms with Crippen LogP contribution < -0.4 is 0 Å². The van der Waals surface area contributed by atoms with Gasteiger partial charge in [-0.15, -0.1) is 0 Å². The molecule has 0 bridgehead atoms. The van der Waals surface area contributed by atoms with Crippen LogP contribution in [-0.2, 0) is 11.2 Å². The Labute approximate surface area is 132 Å². The molecule has 118 valence electrons. The van der Waals surface area contributed by atoms with Crippen molar-refractivity contribution in [1.29, 1.82) is 0 Å². The van der Waals surface area contributed by atoms with Crippen molar-refractivity contribution in [3.05, 3.63) is 54.1 Å². The van der Waals surface area contributed by atoms with Crippen LogP contribution in [0, 0.1) is 0 Å². The molecule has 2 rings (SSSR count). The lowest BCUT2D eigenvalue weighted by Gasteiger charge is -2.04. The number of carbonyl (C=O) groups is 1. The topological polar surface area (TPSA) is 57.5 Å². The Morgan fingerprint density at radius 2 is 1.36 bits per heavy atom. The lowest BCUT2D eigenvalue weighted by atomic mass is 10.0. The maximum Gasteiger partial charge on any atom is 0.300 e. The summed E-state index contributed by atoms with van der Waals surface area (Å²) < 4.78 is 0. The van der Waals surface area contributed by atoms with Gasteiger partial charge >= 0.3 is 0 Å². The molecule has 0 aromatic heterocycles. The summed E-state index contributed by atoms with van der Waals surface area (Å²) in [6.07, 6.45) is 5.02. The van der Waals surface area contributed by atoms with E-state index >= 15 is 0 Å². The molecule has 0 unspecified atom stereocenters. The summed E-state index contributed by atoms with van der Waals surface area (Å²) in [7, 11) is 0. The molecule has 2 aromatic rings. The number of aliphatic carboxylic acids is 1. The number of rotatable bonds is 5. The van der Waals surface area contributed by atoms with Gasteiger partial charge in [-0.2, -0.15) is 0 Å². The third kappa shape index (κ3) is 6.93. The molecular formula is C19H24O3. The van der Waals surface area contributed by atoms with E-state index in [1.54, 1.807) is 12.1 Å². The molecule has 0 fully saturated rings. The third-order valence-corrected chi connectivity index (χ3v) is 3.22. The van der Waals surface area contributed by atoms with Gasteiger partial charge in [0.2, 0.25) is 0 Å². The lowest BCUT2D eigenvalue weighted by molar-refractivity contribution is -0.134. The molecule has 0 heterocycles. The number of carboxylic acids is 1. The predicted molar refractivity (Wildman–Crippen MR) is 90.1 cm³/mol. The first-order valence-corrected chi connectivity index (χ1v) is 7.60. The molecule has 0 amide bonds. The molecule has 22 heavy (non-hydrogen) atoms. The molecule has 0 aliphatic carbocycles. The highest BCUT2D eigenvalue weighted by Crippen LogP contribution is 2.22. The fraction of sp³-hybridized carbons (Fsp3) is 0.316. The van der Waals surface area contributed by atoms with Crippen LogP contribution in [0.4, 0.5) is 0 Å². The maximum atomic E-state index is 9.27. The molecule has 2 N–H and O–H groups in total. The first-order valence-electron chi connectivity index (χ1n) is 7.60. The van der Waals surface area contributed by atoms with Gasteiger partial charge < -0.3 is 10.2 Å². The first-order chi connectivity index (χ1) is 10.5. The van der Waals surface area contributed by atoms with Crippen molar-refractivity contribution in [3.63, 3.8) is 0 Å². The molecule has 0 aliphatic rings. The summed E-state index contributed by atoms with van der Waals surface area (Å²) in [6.45, 7) is 3.31. The van der Waals surface area contributed by atoms with E-state index in [-0.39, 0.29) is 0 Å². The number of hydrogen-bond acceptors (Lipinski definition) is 2. The van der Waals surface area contributed by atoms with Crippen LogP contribution in [-0.4, -0.2) is 16.2 Å². The van der Waals surface area contributed by atoms with Crippen molar-refractivity contribution in [2.45, 2.75) is 39.5 Å². The molecule has 0 radical (unpaired) electrons. The summed E-state index contributed by atoms with van der Waals surface area (Å²) in [5.74, 6) is -0.519. The standard InChI is InChI=1S/C17H20O.C2H4O2/c1-2-3-4-5-14-6-8-15(9-7-14)16-10-12-17(18)13-11-16;1-2(3)4/h6-13,18H,2-5H2,1H3;1H3,(H,3,4). The lowest BCUT2D eigenvalue weighted by Crippen LogP contribution is -1.85. The highest BCUT2D eigenvalue weighted by molar-refractivity contribution is 5.64. The van der Waals surface area contributed by atoms with Crippen molar-refractivity contribution >= 4 is 5.97 Å². The number of aromatic hydroxyl groups is 1. The van der Waals surface area contributed by atoms with Gasteiger partial charge in [-0.1, -0.05) is 56.2 Å². The Kier molecular flexibility index (Phi) is 7.76. The molecule has 3 heteroatoms. The molecular weight excluding hydrogens is 276 g/mol. The normalized spacial score (nSPS) is 9.73. The van der Waals surface area contributed by atoms with Crippen LogP contribution in [0.25, 0.3) is 11.1 Å². The molecule has 3 nitrogen and oxygen atoms in total. The quantitative estimate of drug-likeness (QED) is 0.773. The van der Waals surface area contributed by atoms with Gasteiger partial charge in [0.15, 0.2) is 0 Å². The zero-order valence-electron chi connectivity index (χ0n) is 13.2. The average molecular weight is 300 g/mol. The van der Waals surface area contributed by atoms with Crippen molar-refractivity contribution in [2.75, 3.05) is 0 Å². The Morgan fingerprint density at radius 1 is 0.909 bits per heavy atom. The van der Waals surface area contributed by atoms with E-state index in [1.165, 1.54) is 36.8 Å². The van der Waals surface area contributed by atoms with Gasteiger partial charge in [0.1, 0.15) is 5.75 Å². The Morgan fingerprint density at radius 3 is 1.82 bits per heavy atom. The van der Waals surface area contributed by atoms with Crippen LogP contribution >= 0.6 is 0 Å². The van der Waals surface area contributed by atoms with Crippen molar-refractivity contribution in [2.24, 2.45) is 0 Å². The molecule has 0 aliphatic heterocycles. The van der Waals surface area contributed by atoms with Crippen LogP contribution in [0.2, 0.25) is 0 Å². The van der Waals surface area contributed by atoms with E-state index in [0.29, 0.717) is 5.75 Å². The van der Waals surface area contributed by atoms with E-state index in [2.05, 4.69) is 31.2 Å². The fourth-order valence-electron chi connectivity index (χ4n) is 2.10. The Balaban J connectivity index is 0.000000541. The van der Waals surface area contributed by atoms with Crippen molar-refractivity contribution in [1.82, 2.24) is 0 Å². The smallest absolute Gasteiger partial charge is 0.300 e. The number of benzene rings is 2. The van der Waals surface area contributed by atoms with Gasteiger partial charge in [0.05, 0.1) is 0 Å². The van der Waals surface area contributed by atoms with Gasteiger partial charge in [-0.05, 0) is 41.7 Å². The minimum atomic E-state index is -0.833. The number of carboxylic acid groups (broad SMARTS) is 1. The second-order valence-electron chi connectivity index (χ2n) is 5.22. The van der Waals surface area contributed by atoms with Crippen LogP contribution in [0.5, 0.6) is 5.75 Å². The van der Waals surface area contributed by atoms with Crippen LogP contribution in [0.3, 0.4) is 0 Å². The number of hydrogen-bond donors (Lipinski definition) is 2. The molecule has 0 spiro atoms. The van der Waals surface area contributed by atoms with Crippen molar-refractivity contribution in [3.8, 4) is 16.9 Å². The average Bonchev–Trinajstić information content (AvgIpc) is 2.49. The zero-order chi connectivity index (χ0) is 16.4. The molecule has 2 aromatic carbocycles. The molecule has 0 saturated carbocycles. The predicted octanol–water partition coefficient (Wildman–Crippen LogP) is 4.88. The maximum absolute atomic E-state index is 9.27. The second-order valence-corrected chi connectivity index (χ2v) is 5.22. The Hall–Kier alpha value is -2.29. The van der Waals surface area contributed by atoms with E-state index in [1.807, 2.05) is 12.1 Å². The summed E-state index contributed by atoms with van der Waals surface area (Å²) in [5, 5.41) is 16.7. The van der Waals surface area contributed by atoms with E-state index in [4.69, 9.17) is 9.90 Å². The zero-order valence-corrected chi connectivity index (χ0v) is 13.2. The summed E-state index contributed by atoms with van der Waals surface area (Å²) >= 11 is 0. The van der Waals surface area contributed by atoms with Gasteiger partial charge in [-0.25, -0.2) is 0 Å². The van der Waals surface area contributed by atoms with E-state index in [9.17, 15) is 5.11 Å². The van der Waals surface area contributed by atoms with Gasteiger partial charge in [0.25, 0.3) is 5.97 Å². The van der Waals surface area contributed by atoms with Crippen LogP contribution in [0.1, 0.15) is 38.7 Å². The first kappa shape index (κ1) is 17.8. The summed E-state index contributed by atoms with van der Waals surface area (Å²) in [6, 6.07) is 16.1. The largest absolute Gasteiger partial charge is 0.508 e. The SMILES string of the molecule is CC(=O)O.CCCCCc1ccc(-c2ccc(O)cc2)cc1. The summed E-state index contributed by atoms with van der Waals surface area (Å²) in [4.78, 5) is 9.00. The van der Waals surface area contributed by atoms with Crippen LogP contribution in [0.15, 0.2) is 48.5 Å². The van der Waals surface area contributed by atoms with Gasteiger partial charge in [-0.3, -0.25) is 4.79 Å². The summed E-state index contributed by atoms with van der Waals surface area (Å²) in [5.41, 5.74) is 3.76. The third-order valence-electron chi connectivity index (χ3n) is 3.22. The molecule has 0 atom stereocenters. The Bertz CT molecular complexity index is 552. The highest BCUT2D eigenvalue weighted by atomic mass is 16.4. The fourth-order valence-corrected chi connectivity index (χ4v) is 2.10. The number of phenols is 1. The second kappa shape index (κ2) is 9.61. The monoisotopic (exact) mass is 300 g/mol. The molecule has 0 saturated heterocycles. The van der Waals surface area contributed by atoms with E-state index < -0.39 is 5.97 Å².